The van der Waals surface area contributed by atoms with Gasteiger partial charge in [-0.15, -0.1) is 0 Å². The number of aryl methyl sites for hydroxylation is 1. The molecule has 0 aliphatic heterocycles. The monoisotopic (exact) mass is 750 g/mol. The van der Waals surface area contributed by atoms with Gasteiger partial charge in [-0.2, -0.15) is 35.1 Å². The number of rotatable bonds is 14. The number of nitrogens with one attached hydrogen (secondary N) is 1. The zero-order valence-electron chi connectivity index (χ0n) is 28.3. The van der Waals surface area contributed by atoms with Gasteiger partial charge in [-0.3, -0.25) is 19.7 Å². The summed E-state index contributed by atoms with van der Waals surface area (Å²) in [5.41, 5.74) is -4.56. The molecule has 0 saturated carbocycles. The van der Waals surface area contributed by atoms with Crippen molar-refractivity contribution < 1.29 is 58.8 Å². The zero-order chi connectivity index (χ0) is 39.4. The van der Waals surface area contributed by atoms with Crippen LogP contribution in [-0.4, -0.2) is 48.7 Å². The number of hydrogen-bond donors (Lipinski definition) is 2. The lowest BCUT2D eigenvalue weighted by Crippen LogP contribution is -2.59. The summed E-state index contributed by atoms with van der Waals surface area (Å²) in [4.78, 5) is 39.9. The summed E-state index contributed by atoms with van der Waals surface area (Å²) in [6.07, 6.45) is -12.2. The van der Waals surface area contributed by atoms with Crippen molar-refractivity contribution in [3.05, 3.63) is 92.0 Å². The van der Waals surface area contributed by atoms with Gasteiger partial charge in [-0.1, -0.05) is 38.8 Å². The topological polar surface area (TPSA) is 128 Å². The number of unbranched alkanes of at least 4 members (excludes halogenated alkanes) is 2. The van der Waals surface area contributed by atoms with Crippen LogP contribution < -0.4 is 20.7 Å². The largest absolute Gasteiger partial charge is 0.494 e. The van der Waals surface area contributed by atoms with Crippen LogP contribution in [0.25, 0.3) is 0 Å². The third kappa shape index (κ3) is 7.66. The molecule has 3 rings (SSSR count). The molecule has 0 aromatic heterocycles. The number of hydrogen-bond acceptors (Lipinski definition) is 6. The van der Waals surface area contributed by atoms with Crippen LogP contribution >= 0.6 is 0 Å². The predicted octanol–water partition coefficient (Wildman–Crippen LogP) is 8.95. The van der Waals surface area contributed by atoms with Crippen LogP contribution in [0.4, 0.5) is 56.6 Å². The van der Waals surface area contributed by atoms with E-state index in [1.807, 2.05) is 6.92 Å². The maximum absolute atomic E-state index is 15.4. The highest BCUT2D eigenvalue weighted by atomic mass is 19.4. The van der Waals surface area contributed by atoms with Crippen LogP contribution in [-0.2, 0) is 18.6 Å². The second kappa shape index (κ2) is 15.8. The number of anilines is 2. The number of nitro benzene ring substituents is 1. The van der Waals surface area contributed by atoms with Crippen LogP contribution in [0.2, 0.25) is 0 Å². The number of carbonyl (C=O) groups is 2. The predicted molar refractivity (Wildman–Crippen MR) is 174 cm³/mol. The molecule has 3 N–H and O–H groups in total. The van der Waals surface area contributed by atoms with E-state index in [1.54, 1.807) is 0 Å². The number of ether oxygens (including phenoxy) is 1. The van der Waals surface area contributed by atoms with E-state index in [0.717, 1.165) is 6.42 Å². The fraction of sp³-hybridized carbons (Fsp3) is 0.412. The quantitative estimate of drug-likeness (QED) is 0.0733. The highest BCUT2D eigenvalue weighted by Gasteiger charge is 2.81. The molecule has 52 heavy (non-hydrogen) atoms. The van der Waals surface area contributed by atoms with Gasteiger partial charge in [-0.25, -0.2) is 4.39 Å². The number of methoxy groups -OCH3 is 1. The number of carbonyl (C=O) groups excluding carboxylic acids is 2. The highest BCUT2D eigenvalue weighted by molar-refractivity contribution is 6.12. The molecule has 0 radical (unpaired) electrons. The smallest absolute Gasteiger partial charge is 0.457 e. The summed E-state index contributed by atoms with van der Waals surface area (Å²) >= 11 is 0. The number of nitrogens with zero attached hydrogens (tertiary/aromatic N) is 2. The van der Waals surface area contributed by atoms with Crippen molar-refractivity contribution >= 4 is 28.9 Å². The Morgan fingerprint density at radius 3 is 2.02 bits per heavy atom. The molecule has 0 bridgehead atoms. The Hall–Kier alpha value is -4.87. The minimum Gasteiger partial charge on any atom is -0.494 e. The van der Waals surface area contributed by atoms with E-state index in [0.29, 0.717) is 12.8 Å². The van der Waals surface area contributed by atoms with Crippen molar-refractivity contribution in [2.24, 2.45) is 5.73 Å². The number of halogens is 9. The van der Waals surface area contributed by atoms with Gasteiger partial charge in [0.25, 0.3) is 17.5 Å². The molecular weight excluding hydrogens is 715 g/mol. The molecule has 9 nitrogen and oxygen atoms in total. The van der Waals surface area contributed by atoms with Gasteiger partial charge in [0.15, 0.2) is 5.75 Å². The molecule has 1 unspecified atom stereocenters. The molecule has 3 aromatic carbocycles. The molecule has 1 atom stereocenters. The molecule has 284 valence electrons. The molecule has 3 aromatic rings. The molecule has 0 aliphatic rings. The van der Waals surface area contributed by atoms with Crippen molar-refractivity contribution in [1.82, 2.24) is 0 Å². The van der Waals surface area contributed by atoms with Crippen LogP contribution in [0.15, 0.2) is 48.5 Å². The molecule has 0 heterocycles. The minimum atomic E-state index is -6.94. The van der Waals surface area contributed by atoms with Crippen molar-refractivity contribution in [1.29, 1.82) is 0 Å². The van der Waals surface area contributed by atoms with Crippen molar-refractivity contribution in [3.8, 4) is 5.75 Å². The first-order valence-electron chi connectivity index (χ1n) is 15.7. The number of para-hydroxylation sites is 1. The second-order valence-corrected chi connectivity index (χ2v) is 11.6. The van der Waals surface area contributed by atoms with E-state index in [4.69, 9.17) is 10.5 Å². The number of nitrogens with two attached hydrogens (primary N) is 1. The van der Waals surface area contributed by atoms with Gasteiger partial charge in [0.1, 0.15) is 0 Å². The lowest BCUT2D eigenvalue weighted by molar-refractivity contribution is -0.389. The lowest BCUT2D eigenvalue weighted by Gasteiger charge is -2.36. The van der Waals surface area contributed by atoms with Gasteiger partial charge < -0.3 is 20.7 Å². The average molecular weight is 751 g/mol. The second-order valence-electron chi connectivity index (χ2n) is 11.6. The highest BCUT2D eigenvalue weighted by Crippen LogP contribution is 2.58. The van der Waals surface area contributed by atoms with Gasteiger partial charge in [0.05, 0.1) is 23.3 Å². The Kier molecular flexibility index (Phi) is 12.6. The van der Waals surface area contributed by atoms with Gasteiger partial charge in [0, 0.05) is 41.5 Å². The number of benzene rings is 3. The maximum Gasteiger partial charge on any atom is 0.457 e. The van der Waals surface area contributed by atoms with Crippen molar-refractivity contribution in [2.45, 2.75) is 76.9 Å². The third-order valence-electron chi connectivity index (χ3n) is 8.41. The molecule has 18 heteroatoms. The first-order valence-corrected chi connectivity index (χ1v) is 15.7. The van der Waals surface area contributed by atoms with Gasteiger partial charge in [-0.05, 0) is 61.2 Å². The first kappa shape index (κ1) is 41.5. The lowest BCUT2D eigenvalue weighted by atomic mass is 9.84. The number of alkyl halides is 9. The normalized spacial score (nSPS) is 13.3. The third-order valence-corrected chi connectivity index (χ3v) is 8.41. The summed E-state index contributed by atoms with van der Waals surface area (Å²) in [6.45, 7) is 3.81. The Labute approximate surface area is 292 Å². The van der Waals surface area contributed by atoms with Crippen LogP contribution in [0.5, 0.6) is 5.75 Å². The van der Waals surface area contributed by atoms with E-state index in [1.165, 1.54) is 62.3 Å². The Morgan fingerprint density at radius 1 is 0.904 bits per heavy atom. The number of nitro groups is 1. The molecule has 0 spiro atoms. The molecule has 2 amide bonds. The van der Waals surface area contributed by atoms with Crippen molar-refractivity contribution in [2.75, 3.05) is 23.9 Å². The van der Waals surface area contributed by atoms with E-state index >= 15 is 4.39 Å². The molecule has 0 aliphatic carbocycles. The van der Waals surface area contributed by atoms with E-state index in [9.17, 15) is 54.8 Å². The zero-order valence-corrected chi connectivity index (χ0v) is 28.3. The Bertz CT molecular complexity index is 1790. The standard InChI is InChI=1S/C34H35F9N4O5/c1-5-7-8-15-46(30(49)23-11-9-13-25(19(23)3)47(50)51)26-14-10-12-24(28(26)52-4)29(48)45-27-20(6-2)16-22(17-21(27)18-44)31(35,33(38,39)40)32(36,37)34(41,42)43/h9-14,16-17H,5-8,15,18,44H2,1-4H3,(H,45,48). The Balaban J connectivity index is 2.19. The fourth-order valence-electron chi connectivity index (χ4n) is 5.65. The summed E-state index contributed by atoms with van der Waals surface area (Å²) in [5.74, 6) is -8.82. The summed E-state index contributed by atoms with van der Waals surface area (Å²) in [6, 6.07) is 8.23. The SMILES string of the molecule is CCCCCN(C(=O)c1cccc([N+](=O)[O-])c1C)c1cccc(C(=O)Nc2c(CC)cc(C(F)(C(F)(F)F)C(F)(F)C(F)(F)F)cc2CN)c1OC. The Morgan fingerprint density at radius 2 is 1.50 bits per heavy atom. The van der Waals surface area contributed by atoms with Crippen LogP contribution in [0, 0.1) is 17.0 Å². The van der Waals surface area contributed by atoms with Crippen LogP contribution in [0.3, 0.4) is 0 Å². The summed E-state index contributed by atoms with van der Waals surface area (Å²) in [5, 5.41) is 13.9. The van der Waals surface area contributed by atoms with E-state index in [2.05, 4.69) is 5.32 Å². The first-order chi connectivity index (χ1) is 24.1. The van der Waals surface area contributed by atoms with Gasteiger partial charge >= 0.3 is 23.9 Å². The maximum atomic E-state index is 15.4. The summed E-state index contributed by atoms with van der Waals surface area (Å²) in [7, 11) is 1.17. The summed E-state index contributed by atoms with van der Waals surface area (Å²) < 4.78 is 131. The van der Waals surface area contributed by atoms with Crippen molar-refractivity contribution in [3.63, 3.8) is 0 Å². The number of amides is 2. The van der Waals surface area contributed by atoms with E-state index < -0.39 is 63.9 Å². The molecule has 0 fully saturated rings. The van der Waals surface area contributed by atoms with E-state index in [-0.39, 0.29) is 64.6 Å². The minimum absolute atomic E-state index is 0.0123. The fourth-order valence-corrected chi connectivity index (χ4v) is 5.65. The molecular formula is C34H35F9N4O5. The average Bonchev–Trinajstić information content (AvgIpc) is 3.07. The molecule has 0 saturated heterocycles. The van der Waals surface area contributed by atoms with Gasteiger partial charge in [0.2, 0.25) is 0 Å². The van der Waals surface area contributed by atoms with Crippen LogP contribution in [0.1, 0.15) is 76.1 Å².